The van der Waals surface area contributed by atoms with Gasteiger partial charge in [-0.2, -0.15) is 13.2 Å². The van der Waals surface area contributed by atoms with E-state index in [2.05, 4.69) is 0 Å². The Morgan fingerprint density at radius 3 is 2.53 bits per heavy atom. The van der Waals surface area contributed by atoms with Crippen LogP contribution in [0.1, 0.15) is 29.2 Å². The maximum Gasteiger partial charge on any atom is 0.416 e. The van der Waals surface area contributed by atoms with Gasteiger partial charge in [-0.15, -0.1) is 12.4 Å². The maximum atomic E-state index is 13.1. The van der Waals surface area contributed by atoms with Gasteiger partial charge in [-0.1, -0.05) is 30.3 Å². The van der Waals surface area contributed by atoms with Crippen LogP contribution in [0, 0.1) is 0 Å². The summed E-state index contributed by atoms with van der Waals surface area (Å²) in [5.41, 5.74) is 0.288. The normalized spacial score (nSPS) is 17.2. The van der Waals surface area contributed by atoms with Gasteiger partial charge in [-0.05, 0) is 23.8 Å². The van der Waals surface area contributed by atoms with Crippen LogP contribution in [0.15, 0.2) is 48.5 Å². The lowest BCUT2D eigenvalue weighted by Gasteiger charge is -2.32. The summed E-state index contributed by atoms with van der Waals surface area (Å²) in [6, 6.07) is 12.4. The number of hydrogen-bond donors (Lipinski definition) is 1. The molecule has 0 aliphatic carbocycles. The fourth-order valence-electron chi connectivity index (χ4n) is 3.22. The quantitative estimate of drug-likeness (QED) is 0.677. The minimum absolute atomic E-state index is 0. The number of halogens is 4. The average molecular weight is 446 g/mol. The van der Waals surface area contributed by atoms with Gasteiger partial charge < -0.3 is 14.6 Å². The first-order chi connectivity index (χ1) is 13.8. The van der Waals surface area contributed by atoms with Crippen molar-refractivity contribution in [3.05, 3.63) is 65.2 Å². The van der Waals surface area contributed by atoms with E-state index in [-0.39, 0.29) is 37.1 Å². The Hall–Kier alpha value is -2.29. The largest absolute Gasteiger partial charge is 0.489 e. The lowest BCUT2D eigenvalue weighted by atomic mass is 10.1. The Morgan fingerprint density at radius 2 is 1.87 bits per heavy atom. The SMILES string of the molecule is Cl.O=C(O)CCN1CCOC(c2ccc(OCc3ccccc3C(F)(F)F)cc2)C1. The van der Waals surface area contributed by atoms with Crippen molar-refractivity contribution in [2.75, 3.05) is 26.2 Å². The first-order valence-corrected chi connectivity index (χ1v) is 9.26. The summed E-state index contributed by atoms with van der Waals surface area (Å²) in [6.07, 6.45) is -4.52. The lowest BCUT2D eigenvalue weighted by molar-refractivity contribution is -0.139. The monoisotopic (exact) mass is 445 g/mol. The number of carboxylic acid groups (broad SMARTS) is 1. The average Bonchev–Trinajstić information content (AvgIpc) is 2.71. The molecule has 1 aliphatic heterocycles. The Labute approximate surface area is 178 Å². The second-order valence-corrected chi connectivity index (χ2v) is 6.82. The van der Waals surface area contributed by atoms with Crippen LogP contribution in [0.4, 0.5) is 13.2 Å². The van der Waals surface area contributed by atoms with Gasteiger partial charge in [-0.3, -0.25) is 9.69 Å². The van der Waals surface area contributed by atoms with E-state index in [1.807, 2.05) is 17.0 Å². The minimum Gasteiger partial charge on any atom is -0.489 e. The van der Waals surface area contributed by atoms with Crippen LogP contribution < -0.4 is 4.74 Å². The molecule has 0 aromatic heterocycles. The highest BCUT2D eigenvalue weighted by atomic mass is 35.5. The fraction of sp³-hybridized carbons (Fsp3) is 0.381. The van der Waals surface area contributed by atoms with Crippen LogP contribution >= 0.6 is 12.4 Å². The second-order valence-electron chi connectivity index (χ2n) is 6.82. The van der Waals surface area contributed by atoms with Crippen molar-refractivity contribution in [3.63, 3.8) is 0 Å². The molecule has 0 amide bonds. The van der Waals surface area contributed by atoms with Crippen molar-refractivity contribution in [2.24, 2.45) is 0 Å². The standard InChI is InChI=1S/C21H22F3NO4.ClH/c22-21(23,24)18-4-2-1-3-16(18)14-29-17-7-5-15(6-8-17)19-13-25(11-12-28-19)10-9-20(26)27;/h1-8,19H,9-14H2,(H,26,27);1H. The molecule has 0 spiro atoms. The molecule has 0 bridgehead atoms. The van der Waals surface area contributed by atoms with Crippen LogP contribution in [0.2, 0.25) is 0 Å². The molecule has 5 nitrogen and oxygen atoms in total. The van der Waals surface area contributed by atoms with Crippen molar-refractivity contribution < 1.29 is 32.5 Å². The molecule has 0 saturated carbocycles. The Balaban J connectivity index is 0.00000320. The molecule has 0 radical (unpaired) electrons. The number of ether oxygens (including phenoxy) is 2. The highest BCUT2D eigenvalue weighted by Crippen LogP contribution is 2.32. The molecule has 1 saturated heterocycles. The topological polar surface area (TPSA) is 59.0 Å². The van der Waals surface area contributed by atoms with Crippen molar-refractivity contribution >= 4 is 18.4 Å². The third kappa shape index (κ3) is 6.62. The molecule has 3 rings (SSSR count). The van der Waals surface area contributed by atoms with E-state index < -0.39 is 17.7 Å². The summed E-state index contributed by atoms with van der Waals surface area (Å²) >= 11 is 0. The molecule has 1 unspecified atom stereocenters. The number of carboxylic acids is 1. The van der Waals surface area contributed by atoms with Gasteiger partial charge in [0.15, 0.2) is 0 Å². The van der Waals surface area contributed by atoms with Gasteiger partial charge in [-0.25, -0.2) is 0 Å². The zero-order valence-corrected chi connectivity index (χ0v) is 16.9. The summed E-state index contributed by atoms with van der Waals surface area (Å²) in [4.78, 5) is 12.8. The molecule has 1 fully saturated rings. The molecule has 30 heavy (non-hydrogen) atoms. The highest BCUT2D eigenvalue weighted by molar-refractivity contribution is 5.85. The molecule has 2 aromatic rings. The number of aliphatic carboxylic acids is 1. The smallest absolute Gasteiger partial charge is 0.416 e. The molecule has 1 N–H and O–H groups in total. The van der Waals surface area contributed by atoms with Gasteiger partial charge >= 0.3 is 12.1 Å². The van der Waals surface area contributed by atoms with E-state index in [9.17, 15) is 18.0 Å². The minimum atomic E-state index is -4.42. The number of hydrogen-bond acceptors (Lipinski definition) is 4. The zero-order valence-electron chi connectivity index (χ0n) is 16.1. The van der Waals surface area contributed by atoms with Gasteiger partial charge in [0.2, 0.25) is 0 Å². The molecule has 1 atom stereocenters. The number of nitrogens with zero attached hydrogens (tertiary/aromatic N) is 1. The third-order valence-electron chi connectivity index (χ3n) is 4.76. The van der Waals surface area contributed by atoms with Gasteiger partial charge in [0.05, 0.1) is 24.7 Å². The van der Waals surface area contributed by atoms with E-state index in [4.69, 9.17) is 14.6 Å². The van der Waals surface area contributed by atoms with Crippen LogP contribution in [0.25, 0.3) is 0 Å². The van der Waals surface area contributed by atoms with E-state index >= 15 is 0 Å². The Morgan fingerprint density at radius 1 is 1.17 bits per heavy atom. The van der Waals surface area contributed by atoms with Crippen molar-refractivity contribution in [2.45, 2.75) is 25.3 Å². The molecule has 1 heterocycles. The first kappa shape index (κ1) is 24.0. The molecular weight excluding hydrogens is 423 g/mol. The first-order valence-electron chi connectivity index (χ1n) is 9.26. The van der Waals surface area contributed by atoms with E-state index in [1.54, 1.807) is 18.2 Å². The zero-order chi connectivity index (χ0) is 20.9. The molecule has 1 aliphatic rings. The second kappa shape index (κ2) is 10.7. The van der Waals surface area contributed by atoms with Gasteiger partial charge in [0, 0.05) is 25.2 Å². The number of morpholine rings is 1. The summed E-state index contributed by atoms with van der Waals surface area (Å²) in [5.74, 6) is -0.370. The van der Waals surface area contributed by atoms with Crippen LogP contribution in [-0.2, 0) is 22.3 Å². The van der Waals surface area contributed by atoms with Gasteiger partial charge in [0.25, 0.3) is 0 Å². The van der Waals surface area contributed by atoms with E-state index in [0.717, 1.165) is 11.6 Å². The van der Waals surface area contributed by atoms with Crippen LogP contribution in [0.3, 0.4) is 0 Å². The molecule has 2 aromatic carbocycles. The number of rotatable bonds is 7. The Kier molecular flexibility index (Phi) is 8.52. The molecule has 9 heteroatoms. The summed E-state index contributed by atoms with van der Waals surface area (Å²) in [5, 5.41) is 8.82. The number of benzene rings is 2. The van der Waals surface area contributed by atoms with Crippen molar-refractivity contribution in [1.82, 2.24) is 4.90 Å². The highest BCUT2D eigenvalue weighted by Gasteiger charge is 2.33. The summed E-state index contributed by atoms with van der Waals surface area (Å²) in [6.45, 7) is 2.07. The van der Waals surface area contributed by atoms with E-state index in [1.165, 1.54) is 12.1 Å². The van der Waals surface area contributed by atoms with Crippen LogP contribution in [0.5, 0.6) is 5.75 Å². The number of carbonyl (C=O) groups is 1. The van der Waals surface area contributed by atoms with Crippen molar-refractivity contribution in [3.8, 4) is 5.75 Å². The lowest BCUT2D eigenvalue weighted by Crippen LogP contribution is -2.39. The predicted molar refractivity (Wildman–Crippen MR) is 107 cm³/mol. The van der Waals surface area contributed by atoms with Crippen LogP contribution in [-0.4, -0.2) is 42.2 Å². The molecule has 164 valence electrons. The third-order valence-corrected chi connectivity index (χ3v) is 4.76. The predicted octanol–water partition coefficient (Wildman–Crippen LogP) is 4.55. The fourth-order valence-corrected chi connectivity index (χ4v) is 3.22. The summed E-state index contributed by atoms with van der Waals surface area (Å²) in [7, 11) is 0. The maximum absolute atomic E-state index is 13.1. The number of alkyl halides is 3. The summed E-state index contributed by atoms with van der Waals surface area (Å²) < 4.78 is 50.5. The Bertz CT molecular complexity index is 830. The van der Waals surface area contributed by atoms with Crippen molar-refractivity contribution in [1.29, 1.82) is 0 Å². The van der Waals surface area contributed by atoms with Gasteiger partial charge in [0.1, 0.15) is 12.4 Å². The van der Waals surface area contributed by atoms with E-state index in [0.29, 0.717) is 32.0 Å². The molecular formula is C21H23ClF3NO4.